The molecule has 126 valence electrons. The number of rotatable bonds is 5. The van der Waals surface area contributed by atoms with Crippen LogP contribution in [-0.2, 0) is 14.6 Å². The summed E-state index contributed by atoms with van der Waals surface area (Å²) in [5, 5.41) is 8.47. The molecular formula is C17H16FNO4S. The van der Waals surface area contributed by atoms with Crippen LogP contribution in [0.25, 0.3) is 0 Å². The van der Waals surface area contributed by atoms with Crippen molar-refractivity contribution in [2.24, 2.45) is 11.1 Å². The van der Waals surface area contributed by atoms with Gasteiger partial charge in [-0.25, -0.2) is 12.8 Å². The van der Waals surface area contributed by atoms with E-state index in [1.165, 1.54) is 36.4 Å². The van der Waals surface area contributed by atoms with Crippen molar-refractivity contribution < 1.29 is 22.7 Å². The number of carboxylic acid groups (broad SMARTS) is 1. The predicted molar refractivity (Wildman–Crippen MR) is 85.7 cm³/mol. The predicted octanol–water partition coefficient (Wildman–Crippen LogP) is 1.80. The number of nitrogens with two attached hydrogens (primary N) is 1. The van der Waals surface area contributed by atoms with Crippen LogP contribution < -0.4 is 5.73 Å². The number of carboxylic acids is 1. The highest BCUT2D eigenvalue weighted by molar-refractivity contribution is 7.92. The first kappa shape index (κ1) is 16.6. The minimum atomic E-state index is -3.89. The van der Waals surface area contributed by atoms with Gasteiger partial charge in [0, 0.05) is 12.5 Å². The fourth-order valence-corrected chi connectivity index (χ4v) is 5.75. The Labute approximate surface area is 138 Å². The van der Waals surface area contributed by atoms with Crippen LogP contribution in [-0.4, -0.2) is 31.3 Å². The number of hydrogen-bond acceptors (Lipinski definition) is 4. The smallest absolute Gasteiger partial charge is 0.312 e. The van der Waals surface area contributed by atoms with Gasteiger partial charge in [-0.2, -0.15) is 0 Å². The molecule has 3 rings (SSSR count). The molecule has 24 heavy (non-hydrogen) atoms. The highest BCUT2D eigenvalue weighted by Crippen LogP contribution is 2.63. The molecule has 0 amide bonds. The fraction of sp³-hybridized carbons (Fsp3) is 0.235. The second kappa shape index (κ2) is 5.68. The van der Waals surface area contributed by atoms with Crippen molar-refractivity contribution in [3.63, 3.8) is 0 Å². The number of hydrogen-bond donors (Lipinski definition) is 2. The van der Waals surface area contributed by atoms with Gasteiger partial charge in [0.25, 0.3) is 0 Å². The average Bonchev–Trinajstić information content (AvgIpc) is 3.28. The fourth-order valence-electron chi connectivity index (χ4n) is 3.35. The molecule has 2 aromatic carbocycles. The standard InChI is InChI=1S/C17H16FNO4S/c18-12-8-6-11(7-9-12)14-15(17(14,10-19)16(20)21)24(22,23)13-4-2-1-3-5-13/h1-9,14-15H,10,19H2,(H,20,21)/t14-,15+,17+/m1/s1. The SMILES string of the molecule is NC[C@]1(C(=O)O)[C@H](c2ccc(F)cc2)[C@@H]1S(=O)(=O)c1ccccc1. The van der Waals surface area contributed by atoms with E-state index in [0.717, 1.165) is 0 Å². The molecule has 0 aromatic heterocycles. The molecule has 0 heterocycles. The maximum Gasteiger partial charge on any atom is 0.312 e. The third-order valence-electron chi connectivity index (χ3n) is 4.63. The van der Waals surface area contributed by atoms with E-state index < -0.39 is 38.2 Å². The Morgan fingerprint density at radius 2 is 1.71 bits per heavy atom. The Hall–Kier alpha value is -2.25. The normalized spacial score (nSPS) is 26.1. The van der Waals surface area contributed by atoms with Crippen LogP contribution in [0.15, 0.2) is 59.5 Å². The van der Waals surface area contributed by atoms with E-state index in [1.54, 1.807) is 18.2 Å². The van der Waals surface area contributed by atoms with Crippen LogP contribution in [0.1, 0.15) is 11.5 Å². The summed E-state index contributed by atoms with van der Waals surface area (Å²) in [7, 11) is -3.89. The molecule has 0 bridgehead atoms. The van der Waals surface area contributed by atoms with Crippen molar-refractivity contribution in [3.05, 3.63) is 66.0 Å². The summed E-state index contributed by atoms with van der Waals surface area (Å²) >= 11 is 0. The number of sulfone groups is 1. The highest BCUT2D eigenvalue weighted by atomic mass is 32.2. The molecule has 0 spiro atoms. The van der Waals surface area contributed by atoms with Crippen LogP contribution in [0.3, 0.4) is 0 Å². The van der Waals surface area contributed by atoms with Gasteiger partial charge in [-0.05, 0) is 29.8 Å². The Bertz CT molecular complexity index is 867. The number of aliphatic carboxylic acids is 1. The Balaban J connectivity index is 2.11. The first-order valence-electron chi connectivity index (χ1n) is 7.33. The zero-order valence-electron chi connectivity index (χ0n) is 12.6. The zero-order valence-corrected chi connectivity index (χ0v) is 13.4. The van der Waals surface area contributed by atoms with Crippen molar-refractivity contribution in [1.29, 1.82) is 0 Å². The largest absolute Gasteiger partial charge is 0.481 e. The second-order valence-corrected chi connectivity index (χ2v) is 7.93. The average molecular weight is 349 g/mol. The molecule has 0 unspecified atom stereocenters. The van der Waals surface area contributed by atoms with Gasteiger partial charge in [-0.3, -0.25) is 4.79 Å². The maximum atomic E-state index is 13.1. The van der Waals surface area contributed by atoms with Gasteiger partial charge in [-0.15, -0.1) is 0 Å². The Morgan fingerprint density at radius 3 is 2.21 bits per heavy atom. The summed E-state index contributed by atoms with van der Waals surface area (Å²) in [4.78, 5) is 11.9. The van der Waals surface area contributed by atoms with Gasteiger partial charge in [0.15, 0.2) is 9.84 Å². The summed E-state index contributed by atoms with van der Waals surface area (Å²) in [5.74, 6) is -2.55. The summed E-state index contributed by atoms with van der Waals surface area (Å²) in [6, 6.07) is 12.9. The van der Waals surface area contributed by atoms with Gasteiger partial charge >= 0.3 is 5.97 Å². The van der Waals surface area contributed by atoms with Crippen LogP contribution >= 0.6 is 0 Å². The summed E-state index contributed by atoms with van der Waals surface area (Å²) < 4.78 is 39.0. The molecular weight excluding hydrogens is 333 g/mol. The Kier molecular flexibility index (Phi) is 3.93. The summed E-state index contributed by atoms with van der Waals surface area (Å²) in [5.41, 5.74) is 4.52. The maximum absolute atomic E-state index is 13.1. The van der Waals surface area contributed by atoms with E-state index in [-0.39, 0.29) is 11.4 Å². The summed E-state index contributed by atoms with van der Waals surface area (Å²) in [6.07, 6.45) is 0. The molecule has 0 radical (unpaired) electrons. The minimum Gasteiger partial charge on any atom is -0.481 e. The molecule has 0 aliphatic heterocycles. The van der Waals surface area contributed by atoms with Gasteiger partial charge < -0.3 is 10.8 Å². The van der Waals surface area contributed by atoms with Crippen LogP contribution in [0.2, 0.25) is 0 Å². The second-order valence-electron chi connectivity index (χ2n) is 5.86. The minimum absolute atomic E-state index is 0.0543. The molecule has 1 aliphatic carbocycles. The van der Waals surface area contributed by atoms with E-state index >= 15 is 0 Å². The zero-order chi connectivity index (χ0) is 17.5. The van der Waals surface area contributed by atoms with E-state index in [2.05, 4.69) is 0 Å². The number of carbonyl (C=O) groups is 1. The molecule has 0 saturated heterocycles. The van der Waals surface area contributed by atoms with E-state index in [0.29, 0.717) is 5.56 Å². The first-order chi connectivity index (χ1) is 11.4. The lowest BCUT2D eigenvalue weighted by Gasteiger charge is -2.10. The molecule has 7 heteroatoms. The monoisotopic (exact) mass is 349 g/mol. The van der Waals surface area contributed by atoms with Crippen molar-refractivity contribution in [2.75, 3.05) is 6.54 Å². The molecule has 1 fully saturated rings. The quantitative estimate of drug-likeness (QED) is 0.858. The van der Waals surface area contributed by atoms with Gasteiger partial charge in [0.2, 0.25) is 0 Å². The molecule has 1 aliphatic rings. The molecule has 1 saturated carbocycles. The van der Waals surface area contributed by atoms with Gasteiger partial charge in [0.05, 0.1) is 10.1 Å². The third kappa shape index (κ3) is 2.32. The van der Waals surface area contributed by atoms with Crippen LogP contribution in [0, 0.1) is 11.2 Å². The van der Waals surface area contributed by atoms with Crippen LogP contribution in [0.4, 0.5) is 4.39 Å². The molecule has 3 N–H and O–H groups in total. The first-order valence-corrected chi connectivity index (χ1v) is 8.88. The van der Waals surface area contributed by atoms with Gasteiger partial charge in [0.1, 0.15) is 11.2 Å². The Morgan fingerprint density at radius 1 is 1.12 bits per heavy atom. The number of benzene rings is 2. The van der Waals surface area contributed by atoms with E-state index in [4.69, 9.17) is 5.73 Å². The third-order valence-corrected chi connectivity index (χ3v) is 6.92. The van der Waals surface area contributed by atoms with Crippen molar-refractivity contribution in [3.8, 4) is 0 Å². The lowest BCUT2D eigenvalue weighted by atomic mass is 9.99. The lowest BCUT2D eigenvalue weighted by molar-refractivity contribution is -0.143. The van der Waals surface area contributed by atoms with Crippen molar-refractivity contribution in [1.82, 2.24) is 0 Å². The van der Waals surface area contributed by atoms with Crippen LogP contribution in [0.5, 0.6) is 0 Å². The molecule has 2 aromatic rings. The molecule has 3 atom stereocenters. The van der Waals surface area contributed by atoms with Crippen molar-refractivity contribution in [2.45, 2.75) is 16.1 Å². The summed E-state index contributed by atoms with van der Waals surface area (Å²) in [6.45, 7) is -0.318. The van der Waals surface area contributed by atoms with Gasteiger partial charge in [-0.1, -0.05) is 30.3 Å². The highest BCUT2D eigenvalue weighted by Gasteiger charge is 2.75. The number of halogens is 1. The molecule has 5 nitrogen and oxygen atoms in total. The van der Waals surface area contributed by atoms with E-state index in [9.17, 15) is 22.7 Å². The van der Waals surface area contributed by atoms with E-state index in [1.807, 2.05) is 0 Å². The lowest BCUT2D eigenvalue weighted by Crippen LogP contribution is -2.31. The van der Waals surface area contributed by atoms with Crippen molar-refractivity contribution >= 4 is 15.8 Å². The topological polar surface area (TPSA) is 97.5 Å².